The molecule has 2 nitrogen and oxygen atoms in total. The highest BCUT2D eigenvalue weighted by Crippen LogP contribution is 2.26. The lowest BCUT2D eigenvalue weighted by Gasteiger charge is -2.14. The molecule has 0 amide bonds. The summed E-state index contributed by atoms with van der Waals surface area (Å²) in [6.45, 7) is 0. The first-order chi connectivity index (χ1) is 9.09. The molecule has 0 N–H and O–H groups in total. The average Bonchev–Trinajstić information content (AvgIpc) is 2.46. The maximum Gasteiger partial charge on any atom is 0.185 e. The number of ketones is 1. The number of nitrogens with zero attached hydrogens (tertiary/aromatic N) is 1. The normalized spacial score (nSPS) is 11.9. The van der Waals surface area contributed by atoms with Gasteiger partial charge in [0.25, 0.3) is 0 Å². The van der Waals surface area contributed by atoms with Gasteiger partial charge in [0.05, 0.1) is 0 Å². The predicted molar refractivity (Wildman–Crippen MR) is 80.1 cm³/mol. The minimum Gasteiger partial charge on any atom is -0.378 e. The second-order valence-corrected chi connectivity index (χ2v) is 5.02. The molecular formula is C16H16ClNO. The Labute approximate surface area is 118 Å². The third-order valence-electron chi connectivity index (χ3n) is 2.97. The van der Waals surface area contributed by atoms with E-state index in [1.54, 1.807) is 6.07 Å². The largest absolute Gasteiger partial charge is 0.378 e. The van der Waals surface area contributed by atoms with Crippen LogP contribution in [0.2, 0.25) is 0 Å². The highest BCUT2D eigenvalue weighted by Gasteiger charge is 2.19. The van der Waals surface area contributed by atoms with Crippen LogP contribution in [0.15, 0.2) is 54.6 Å². The van der Waals surface area contributed by atoms with Gasteiger partial charge in [-0.25, -0.2) is 0 Å². The number of alkyl halides is 1. The van der Waals surface area contributed by atoms with Crippen LogP contribution in [0.1, 0.15) is 21.3 Å². The third-order valence-corrected chi connectivity index (χ3v) is 3.42. The van der Waals surface area contributed by atoms with E-state index in [2.05, 4.69) is 0 Å². The topological polar surface area (TPSA) is 20.3 Å². The summed E-state index contributed by atoms with van der Waals surface area (Å²) >= 11 is 6.26. The van der Waals surface area contributed by atoms with Crippen molar-refractivity contribution in [3.8, 4) is 0 Å². The van der Waals surface area contributed by atoms with Crippen molar-refractivity contribution >= 4 is 23.1 Å². The monoisotopic (exact) mass is 273 g/mol. The van der Waals surface area contributed by atoms with E-state index >= 15 is 0 Å². The summed E-state index contributed by atoms with van der Waals surface area (Å²) in [7, 11) is 3.89. The van der Waals surface area contributed by atoms with Crippen LogP contribution in [0, 0.1) is 0 Å². The Morgan fingerprint density at radius 2 is 1.74 bits per heavy atom. The van der Waals surface area contributed by atoms with Gasteiger partial charge in [0.2, 0.25) is 0 Å². The van der Waals surface area contributed by atoms with Gasteiger partial charge in [0.15, 0.2) is 5.78 Å². The summed E-state index contributed by atoms with van der Waals surface area (Å²) < 4.78 is 0. The number of carbonyl (C=O) groups is 1. The summed E-state index contributed by atoms with van der Waals surface area (Å²) in [5.41, 5.74) is 2.45. The van der Waals surface area contributed by atoms with E-state index in [0.717, 1.165) is 11.3 Å². The number of hydrogen-bond donors (Lipinski definition) is 0. The fourth-order valence-electron chi connectivity index (χ4n) is 1.86. The van der Waals surface area contributed by atoms with Crippen LogP contribution >= 0.6 is 11.6 Å². The zero-order valence-corrected chi connectivity index (χ0v) is 11.8. The molecule has 2 aromatic rings. The molecule has 0 heterocycles. The van der Waals surface area contributed by atoms with Crippen molar-refractivity contribution in [2.45, 2.75) is 5.38 Å². The summed E-state index contributed by atoms with van der Waals surface area (Å²) in [5, 5.41) is -0.640. The van der Waals surface area contributed by atoms with Crippen LogP contribution in [0.5, 0.6) is 0 Å². The number of anilines is 1. The first kappa shape index (κ1) is 13.6. The molecule has 0 fully saturated rings. The second-order valence-electron chi connectivity index (χ2n) is 4.58. The van der Waals surface area contributed by atoms with E-state index in [0.29, 0.717) is 5.56 Å². The van der Waals surface area contributed by atoms with E-state index in [-0.39, 0.29) is 5.78 Å². The molecule has 0 saturated heterocycles. The Morgan fingerprint density at radius 3 is 2.37 bits per heavy atom. The molecule has 19 heavy (non-hydrogen) atoms. The SMILES string of the molecule is CN(C)c1cccc(C(=O)C(Cl)c2ccccc2)c1. The van der Waals surface area contributed by atoms with Crippen molar-refractivity contribution in [2.24, 2.45) is 0 Å². The number of carbonyl (C=O) groups excluding carboxylic acids is 1. The van der Waals surface area contributed by atoms with Crippen LogP contribution in [0.4, 0.5) is 5.69 Å². The van der Waals surface area contributed by atoms with Crippen molar-refractivity contribution in [1.82, 2.24) is 0 Å². The van der Waals surface area contributed by atoms with Gasteiger partial charge in [-0.2, -0.15) is 0 Å². The molecule has 1 unspecified atom stereocenters. The maximum atomic E-state index is 12.4. The van der Waals surface area contributed by atoms with Gasteiger partial charge >= 0.3 is 0 Å². The van der Waals surface area contributed by atoms with Crippen molar-refractivity contribution in [3.63, 3.8) is 0 Å². The van der Waals surface area contributed by atoms with Crippen LogP contribution in [-0.2, 0) is 0 Å². The molecule has 0 aliphatic heterocycles. The third kappa shape index (κ3) is 3.15. The molecule has 0 bridgehead atoms. The number of halogens is 1. The molecule has 2 aromatic carbocycles. The Kier molecular flexibility index (Phi) is 4.23. The molecule has 1 atom stereocenters. The fourth-order valence-corrected chi connectivity index (χ4v) is 2.13. The summed E-state index contributed by atoms with van der Waals surface area (Å²) in [4.78, 5) is 14.3. The maximum absolute atomic E-state index is 12.4. The summed E-state index contributed by atoms with van der Waals surface area (Å²) in [5.74, 6) is -0.0726. The van der Waals surface area contributed by atoms with Crippen LogP contribution in [0.3, 0.4) is 0 Å². The van der Waals surface area contributed by atoms with Gasteiger partial charge in [-0.3, -0.25) is 4.79 Å². The zero-order valence-electron chi connectivity index (χ0n) is 11.0. The highest BCUT2D eigenvalue weighted by atomic mass is 35.5. The Bertz CT molecular complexity index is 566. The van der Waals surface area contributed by atoms with Crippen molar-refractivity contribution in [2.75, 3.05) is 19.0 Å². The second kappa shape index (κ2) is 5.89. The van der Waals surface area contributed by atoms with Crippen LogP contribution in [0.25, 0.3) is 0 Å². The Hall–Kier alpha value is -1.80. The molecular weight excluding hydrogens is 258 g/mol. The lowest BCUT2D eigenvalue weighted by molar-refractivity contribution is 0.0987. The van der Waals surface area contributed by atoms with Crippen molar-refractivity contribution < 1.29 is 4.79 Å². The molecule has 0 aliphatic carbocycles. The van der Waals surface area contributed by atoms with E-state index in [4.69, 9.17) is 11.6 Å². The van der Waals surface area contributed by atoms with Gasteiger partial charge in [-0.05, 0) is 17.7 Å². The average molecular weight is 274 g/mol. The first-order valence-corrected chi connectivity index (χ1v) is 6.54. The van der Waals surface area contributed by atoms with Gasteiger partial charge < -0.3 is 4.90 Å². The standard InChI is InChI=1S/C16H16ClNO/c1-18(2)14-10-6-9-13(11-14)16(19)15(17)12-7-4-3-5-8-12/h3-11,15H,1-2H3. The van der Waals surface area contributed by atoms with Crippen LogP contribution < -0.4 is 4.90 Å². The van der Waals surface area contributed by atoms with Gasteiger partial charge in [0, 0.05) is 25.3 Å². The molecule has 0 aromatic heterocycles. The van der Waals surface area contributed by atoms with E-state index in [1.165, 1.54) is 0 Å². The lowest BCUT2D eigenvalue weighted by Crippen LogP contribution is -2.11. The van der Waals surface area contributed by atoms with Gasteiger partial charge in [-0.15, -0.1) is 11.6 Å². The van der Waals surface area contributed by atoms with E-state index < -0.39 is 5.38 Å². The summed E-state index contributed by atoms with van der Waals surface area (Å²) in [6.07, 6.45) is 0. The first-order valence-electron chi connectivity index (χ1n) is 6.10. The van der Waals surface area contributed by atoms with E-state index in [1.807, 2.05) is 67.5 Å². The quantitative estimate of drug-likeness (QED) is 0.622. The molecule has 2 rings (SSSR count). The van der Waals surface area contributed by atoms with Crippen molar-refractivity contribution in [1.29, 1.82) is 0 Å². The summed E-state index contributed by atoms with van der Waals surface area (Å²) in [6, 6.07) is 16.9. The van der Waals surface area contributed by atoms with Crippen molar-refractivity contribution in [3.05, 3.63) is 65.7 Å². The molecule has 0 radical (unpaired) electrons. The fraction of sp³-hybridized carbons (Fsp3) is 0.188. The lowest BCUT2D eigenvalue weighted by atomic mass is 10.0. The Morgan fingerprint density at radius 1 is 1.05 bits per heavy atom. The van der Waals surface area contributed by atoms with Crippen LogP contribution in [-0.4, -0.2) is 19.9 Å². The number of benzene rings is 2. The number of rotatable bonds is 4. The number of hydrogen-bond acceptors (Lipinski definition) is 2. The molecule has 3 heteroatoms. The van der Waals surface area contributed by atoms with E-state index in [9.17, 15) is 4.79 Å². The number of Topliss-reactive ketones (excluding diaryl/α,β-unsaturated/α-hetero) is 1. The molecule has 98 valence electrons. The minimum atomic E-state index is -0.640. The zero-order chi connectivity index (χ0) is 13.8. The molecule has 0 spiro atoms. The highest BCUT2D eigenvalue weighted by molar-refractivity contribution is 6.33. The smallest absolute Gasteiger partial charge is 0.185 e. The van der Waals surface area contributed by atoms with Gasteiger partial charge in [0.1, 0.15) is 5.38 Å². The Balaban J connectivity index is 2.27. The van der Waals surface area contributed by atoms with Gasteiger partial charge in [-0.1, -0.05) is 42.5 Å². The molecule has 0 aliphatic rings. The minimum absolute atomic E-state index is 0.0726. The predicted octanol–water partition coefficient (Wildman–Crippen LogP) is 3.92. The molecule has 0 saturated carbocycles.